The van der Waals surface area contributed by atoms with E-state index >= 15 is 0 Å². The average molecular weight is 310 g/mol. The van der Waals surface area contributed by atoms with E-state index in [1.165, 1.54) is 5.56 Å². The van der Waals surface area contributed by atoms with Gasteiger partial charge in [-0.3, -0.25) is 0 Å². The molecule has 0 radical (unpaired) electrons. The largest absolute Gasteiger partial charge is 0.508 e. The second-order valence-electron chi connectivity index (χ2n) is 6.10. The van der Waals surface area contributed by atoms with Crippen LogP contribution in [-0.4, -0.2) is 22.4 Å². The van der Waals surface area contributed by atoms with Crippen LogP contribution in [0.5, 0.6) is 5.75 Å². The lowest BCUT2D eigenvalue weighted by molar-refractivity contribution is -0.0955. The van der Waals surface area contributed by atoms with E-state index in [4.69, 9.17) is 4.74 Å². The van der Waals surface area contributed by atoms with Gasteiger partial charge in [0, 0.05) is 0 Å². The first-order valence-electron chi connectivity index (χ1n) is 7.97. The summed E-state index contributed by atoms with van der Waals surface area (Å²) >= 11 is 0. The first-order chi connectivity index (χ1) is 11.1. The second kappa shape index (κ2) is 6.99. The Hall–Kier alpha value is -2.10. The van der Waals surface area contributed by atoms with Gasteiger partial charge in [0.2, 0.25) is 0 Å². The lowest BCUT2D eigenvalue weighted by atomic mass is 9.90. The van der Waals surface area contributed by atoms with Gasteiger partial charge in [0.25, 0.3) is 0 Å². The van der Waals surface area contributed by atoms with E-state index in [-0.39, 0.29) is 18.0 Å². The van der Waals surface area contributed by atoms with Gasteiger partial charge in [0.15, 0.2) is 0 Å². The molecular formula is C20H22O3. The van der Waals surface area contributed by atoms with Crippen LogP contribution in [0.1, 0.15) is 30.1 Å². The fraction of sp³-hybridized carbons (Fsp3) is 0.300. The van der Waals surface area contributed by atoms with Gasteiger partial charge >= 0.3 is 0 Å². The molecule has 3 nitrogen and oxygen atoms in total. The molecule has 1 aliphatic heterocycles. The van der Waals surface area contributed by atoms with Gasteiger partial charge in [-0.1, -0.05) is 49.0 Å². The first kappa shape index (κ1) is 15.8. The van der Waals surface area contributed by atoms with Crippen molar-refractivity contribution in [2.75, 3.05) is 0 Å². The maximum atomic E-state index is 10.4. The molecule has 1 heterocycles. The zero-order valence-electron chi connectivity index (χ0n) is 13.1. The summed E-state index contributed by atoms with van der Waals surface area (Å²) in [5, 5.41) is 19.7. The summed E-state index contributed by atoms with van der Waals surface area (Å²) in [6, 6.07) is 17.1. The highest BCUT2D eigenvalue weighted by Crippen LogP contribution is 2.35. The minimum absolute atomic E-state index is 0.0462. The number of ether oxygens (including phenoxy) is 1. The van der Waals surface area contributed by atoms with E-state index < -0.39 is 6.10 Å². The van der Waals surface area contributed by atoms with E-state index in [0.717, 1.165) is 24.0 Å². The smallest absolute Gasteiger partial charge is 0.115 e. The predicted molar refractivity (Wildman–Crippen MR) is 90.2 cm³/mol. The van der Waals surface area contributed by atoms with Crippen molar-refractivity contribution in [3.05, 3.63) is 77.9 Å². The van der Waals surface area contributed by atoms with E-state index in [2.05, 4.69) is 6.58 Å². The molecule has 3 atom stereocenters. The fourth-order valence-corrected chi connectivity index (χ4v) is 3.02. The number of aryl methyl sites for hydroxylation is 1. The molecular weight excluding hydrogens is 288 g/mol. The Kier molecular flexibility index (Phi) is 4.79. The number of benzene rings is 2. The number of phenolic OH excluding ortho intramolecular Hbond substituents is 1. The molecule has 120 valence electrons. The molecule has 2 aromatic carbocycles. The van der Waals surface area contributed by atoms with Gasteiger partial charge in [-0.2, -0.15) is 0 Å². The van der Waals surface area contributed by atoms with E-state index in [0.29, 0.717) is 6.42 Å². The van der Waals surface area contributed by atoms with E-state index in [1.54, 1.807) is 12.1 Å². The number of phenols is 1. The Labute approximate surface area is 136 Å². The quantitative estimate of drug-likeness (QED) is 0.845. The second-order valence-corrected chi connectivity index (χ2v) is 6.10. The monoisotopic (exact) mass is 310 g/mol. The van der Waals surface area contributed by atoms with Gasteiger partial charge in [0.1, 0.15) is 18.0 Å². The number of hydrogen-bond donors (Lipinski definition) is 2. The molecule has 0 aliphatic carbocycles. The molecule has 1 fully saturated rings. The third-order valence-corrected chi connectivity index (χ3v) is 4.35. The Balaban J connectivity index is 1.66. The minimum atomic E-state index is -0.651. The van der Waals surface area contributed by atoms with E-state index in [1.807, 2.05) is 42.5 Å². The molecule has 0 bridgehead atoms. The molecule has 2 aromatic rings. The molecule has 0 spiro atoms. The molecule has 3 rings (SSSR count). The SMILES string of the molecule is C=C1C[C@@H](CCc2ccc(O)cc2)O[C@@H](c2ccccc2)[C@@H]1O. The highest BCUT2D eigenvalue weighted by molar-refractivity contribution is 5.27. The highest BCUT2D eigenvalue weighted by Gasteiger charge is 2.33. The molecule has 0 saturated carbocycles. The van der Waals surface area contributed by atoms with Crippen LogP contribution in [0.2, 0.25) is 0 Å². The van der Waals surface area contributed by atoms with Crippen LogP contribution in [-0.2, 0) is 11.2 Å². The zero-order valence-corrected chi connectivity index (χ0v) is 13.1. The predicted octanol–water partition coefficient (Wildman–Crippen LogP) is 3.77. The molecule has 1 aliphatic rings. The summed E-state index contributed by atoms with van der Waals surface area (Å²) in [5.41, 5.74) is 2.98. The van der Waals surface area contributed by atoms with Crippen LogP contribution < -0.4 is 0 Å². The van der Waals surface area contributed by atoms with Gasteiger partial charge in [-0.05, 0) is 48.1 Å². The van der Waals surface area contributed by atoms with E-state index in [9.17, 15) is 10.2 Å². The van der Waals surface area contributed by atoms with Crippen molar-refractivity contribution >= 4 is 0 Å². The van der Waals surface area contributed by atoms with Crippen molar-refractivity contribution in [1.82, 2.24) is 0 Å². The Morgan fingerprint density at radius 1 is 1.04 bits per heavy atom. The highest BCUT2D eigenvalue weighted by atomic mass is 16.5. The lowest BCUT2D eigenvalue weighted by Gasteiger charge is -2.36. The fourth-order valence-electron chi connectivity index (χ4n) is 3.02. The van der Waals surface area contributed by atoms with Crippen LogP contribution in [0.3, 0.4) is 0 Å². The number of aromatic hydroxyl groups is 1. The summed E-state index contributed by atoms with van der Waals surface area (Å²) in [6.07, 6.45) is 1.47. The number of aliphatic hydroxyl groups excluding tert-OH is 1. The zero-order chi connectivity index (χ0) is 16.2. The van der Waals surface area contributed by atoms with Crippen LogP contribution in [0.25, 0.3) is 0 Å². The standard InChI is InChI=1S/C20H22O3/c1-14-13-18(12-9-15-7-10-17(21)11-8-15)23-20(19(14)22)16-5-3-2-4-6-16/h2-8,10-11,18-22H,1,9,12-13H2/t18-,19-,20+/m1/s1. The van der Waals surface area contributed by atoms with Gasteiger partial charge < -0.3 is 14.9 Å². The normalized spacial score (nSPS) is 24.6. The van der Waals surface area contributed by atoms with Crippen molar-refractivity contribution in [2.24, 2.45) is 0 Å². The van der Waals surface area contributed by atoms with Crippen molar-refractivity contribution in [3.8, 4) is 5.75 Å². The Morgan fingerprint density at radius 2 is 1.74 bits per heavy atom. The minimum Gasteiger partial charge on any atom is -0.508 e. The van der Waals surface area contributed by atoms with Gasteiger partial charge in [-0.25, -0.2) is 0 Å². The van der Waals surface area contributed by atoms with Crippen molar-refractivity contribution in [1.29, 1.82) is 0 Å². The number of rotatable bonds is 4. The molecule has 0 unspecified atom stereocenters. The first-order valence-corrected chi connectivity index (χ1v) is 7.97. The van der Waals surface area contributed by atoms with Crippen molar-refractivity contribution in [3.63, 3.8) is 0 Å². The maximum Gasteiger partial charge on any atom is 0.115 e. The van der Waals surface area contributed by atoms with Gasteiger partial charge in [-0.15, -0.1) is 0 Å². The topological polar surface area (TPSA) is 49.7 Å². The van der Waals surface area contributed by atoms with Crippen molar-refractivity contribution in [2.45, 2.75) is 37.6 Å². The van der Waals surface area contributed by atoms with Crippen LogP contribution in [0, 0.1) is 0 Å². The molecule has 2 N–H and O–H groups in total. The Morgan fingerprint density at radius 3 is 2.43 bits per heavy atom. The summed E-state index contributed by atoms with van der Waals surface area (Å²) < 4.78 is 6.14. The third kappa shape index (κ3) is 3.81. The third-order valence-electron chi connectivity index (χ3n) is 4.35. The molecule has 1 saturated heterocycles. The molecule has 3 heteroatoms. The van der Waals surface area contributed by atoms with Gasteiger partial charge in [0.05, 0.1) is 6.10 Å². The average Bonchev–Trinajstić information content (AvgIpc) is 2.58. The molecule has 0 amide bonds. The van der Waals surface area contributed by atoms with Crippen molar-refractivity contribution < 1.29 is 14.9 Å². The number of hydrogen-bond acceptors (Lipinski definition) is 3. The van der Waals surface area contributed by atoms with Crippen LogP contribution >= 0.6 is 0 Å². The number of aliphatic hydroxyl groups is 1. The lowest BCUT2D eigenvalue weighted by Crippen LogP contribution is -2.34. The maximum absolute atomic E-state index is 10.4. The summed E-state index contributed by atoms with van der Waals surface area (Å²) in [5.74, 6) is 0.281. The summed E-state index contributed by atoms with van der Waals surface area (Å²) in [4.78, 5) is 0. The summed E-state index contributed by atoms with van der Waals surface area (Å²) in [7, 11) is 0. The molecule has 23 heavy (non-hydrogen) atoms. The summed E-state index contributed by atoms with van der Waals surface area (Å²) in [6.45, 7) is 4.02. The van der Waals surface area contributed by atoms with Crippen LogP contribution in [0.4, 0.5) is 0 Å². The van der Waals surface area contributed by atoms with Crippen LogP contribution in [0.15, 0.2) is 66.7 Å². The Bertz CT molecular complexity index is 648. The molecule has 0 aromatic heterocycles.